The van der Waals surface area contributed by atoms with Gasteiger partial charge in [-0.1, -0.05) is 29.8 Å². The van der Waals surface area contributed by atoms with Gasteiger partial charge in [0.2, 0.25) is 5.91 Å². The monoisotopic (exact) mass is 232 g/mol. The fourth-order valence-electron chi connectivity index (χ4n) is 2.13. The van der Waals surface area contributed by atoms with Gasteiger partial charge < -0.3 is 10.6 Å². The Balaban J connectivity index is 1.73. The third-order valence-electron chi connectivity index (χ3n) is 3.25. The van der Waals surface area contributed by atoms with Crippen LogP contribution in [-0.4, -0.2) is 19.0 Å². The van der Waals surface area contributed by atoms with Crippen molar-refractivity contribution >= 4 is 5.91 Å². The zero-order chi connectivity index (χ0) is 12.1. The summed E-state index contributed by atoms with van der Waals surface area (Å²) in [4.78, 5) is 11.7. The number of hydrogen-bond acceptors (Lipinski definition) is 2. The van der Waals surface area contributed by atoms with Gasteiger partial charge in [-0.3, -0.25) is 4.79 Å². The number of carbonyl (C=O) groups is 1. The molecule has 0 spiro atoms. The minimum atomic E-state index is 0.166. The highest BCUT2D eigenvalue weighted by Crippen LogP contribution is 2.11. The van der Waals surface area contributed by atoms with Crippen LogP contribution < -0.4 is 10.6 Å². The molecule has 1 aromatic carbocycles. The van der Waals surface area contributed by atoms with E-state index in [2.05, 4.69) is 41.8 Å². The molecule has 1 aliphatic rings. The second kappa shape index (κ2) is 5.82. The van der Waals surface area contributed by atoms with E-state index in [9.17, 15) is 4.79 Å². The molecule has 3 heteroatoms. The Labute approximate surface area is 103 Å². The number of rotatable bonds is 4. The summed E-state index contributed by atoms with van der Waals surface area (Å²) in [6, 6.07) is 8.27. The van der Waals surface area contributed by atoms with Crippen molar-refractivity contribution in [2.45, 2.75) is 26.3 Å². The van der Waals surface area contributed by atoms with Crippen LogP contribution >= 0.6 is 0 Å². The smallest absolute Gasteiger partial charge is 0.220 e. The van der Waals surface area contributed by atoms with E-state index in [0.29, 0.717) is 18.9 Å². The van der Waals surface area contributed by atoms with E-state index in [4.69, 9.17) is 0 Å². The van der Waals surface area contributed by atoms with Crippen LogP contribution in [0.1, 0.15) is 24.0 Å². The fourth-order valence-corrected chi connectivity index (χ4v) is 2.13. The predicted molar refractivity (Wildman–Crippen MR) is 68.6 cm³/mol. The molecule has 1 unspecified atom stereocenters. The van der Waals surface area contributed by atoms with Crippen molar-refractivity contribution in [1.82, 2.24) is 10.6 Å². The molecule has 2 N–H and O–H groups in total. The number of carbonyl (C=O) groups excluding carboxylic acids is 1. The second-order valence-electron chi connectivity index (χ2n) is 4.83. The summed E-state index contributed by atoms with van der Waals surface area (Å²) in [5.74, 6) is 0.687. The Hall–Kier alpha value is -1.35. The minimum absolute atomic E-state index is 0.166. The zero-order valence-electron chi connectivity index (χ0n) is 10.3. The molecular formula is C14H20N2O. The molecule has 0 saturated carbocycles. The van der Waals surface area contributed by atoms with Crippen molar-refractivity contribution in [2.24, 2.45) is 5.92 Å². The Morgan fingerprint density at radius 2 is 2.18 bits per heavy atom. The molecule has 1 amide bonds. The normalized spacial score (nSPS) is 19.2. The van der Waals surface area contributed by atoms with E-state index >= 15 is 0 Å². The summed E-state index contributed by atoms with van der Waals surface area (Å²) >= 11 is 0. The molecule has 1 aromatic rings. The lowest BCUT2D eigenvalue weighted by Crippen LogP contribution is -2.25. The summed E-state index contributed by atoms with van der Waals surface area (Å²) in [6.07, 6.45) is 1.77. The van der Waals surface area contributed by atoms with Crippen molar-refractivity contribution in [1.29, 1.82) is 0 Å². The maximum atomic E-state index is 11.7. The Morgan fingerprint density at radius 3 is 2.82 bits per heavy atom. The molecule has 17 heavy (non-hydrogen) atoms. The molecular weight excluding hydrogens is 212 g/mol. The lowest BCUT2D eigenvalue weighted by molar-refractivity contribution is -0.122. The van der Waals surface area contributed by atoms with Gasteiger partial charge in [-0.2, -0.15) is 0 Å². The first-order chi connectivity index (χ1) is 8.24. The molecule has 2 rings (SSSR count). The standard InChI is InChI=1S/C14H20N2O/c1-11-2-4-12(5-3-11)10-16-14(17)8-13-6-7-15-9-13/h2-5,13,15H,6-10H2,1H3,(H,16,17). The Morgan fingerprint density at radius 1 is 1.41 bits per heavy atom. The van der Waals surface area contributed by atoms with Gasteiger partial charge in [0.1, 0.15) is 0 Å². The van der Waals surface area contributed by atoms with Crippen molar-refractivity contribution < 1.29 is 4.79 Å². The predicted octanol–water partition coefficient (Wildman–Crippen LogP) is 1.61. The van der Waals surface area contributed by atoms with Crippen LogP contribution in [0.5, 0.6) is 0 Å². The fraction of sp³-hybridized carbons (Fsp3) is 0.500. The van der Waals surface area contributed by atoms with Crippen LogP contribution in [-0.2, 0) is 11.3 Å². The number of benzene rings is 1. The van der Waals surface area contributed by atoms with Crippen molar-refractivity contribution in [3.05, 3.63) is 35.4 Å². The van der Waals surface area contributed by atoms with E-state index in [1.165, 1.54) is 5.56 Å². The third kappa shape index (κ3) is 3.86. The van der Waals surface area contributed by atoms with E-state index in [0.717, 1.165) is 25.1 Å². The first-order valence-electron chi connectivity index (χ1n) is 6.27. The molecule has 1 saturated heterocycles. The first kappa shape index (κ1) is 12.1. The number of aryl methyl sites for hydroxylation is 1. The molecule has 0 radical (unpaired) electrons. The van der Waals surface area contributed by atoms with E-state index in [1.54, 1.807) is 0 Å². The molecule has 1 atom stereocenters. The van der Waals surface area contributed by atoms with Gasteiger partial charge in [-0.15, -0.1) is 0 Å². The molecule has 0 aliphatic carbocycles. The highest BCUT2D eigenvalue weighted by atomic mass is 16.1. The van der Waals surface area contributed by atoms with Crippen LogP contribution in [0.2, 0.25) is 0 Å². The van der Waals surface area contributed by atoms with Gasteiger partial charge in [-0.25, -0.2) is 0 Å². The van der Waals surface area contributed by atoms with Crippen LogP contribution in [0, 0.1) is 12.8 Å². The Kier molecular flexibility index (Phi) is 4.15. The van der Waals surface area contributed by atoms with E-state index < -0.39 is 0 Å². The van der Waals surface area contributed by atoms with Gasteiger partial charge in [0, 0.05) is 13.0 Å². The third-order valence-corrected chi connectivity index (χ3v) is 3.25. The summed E-state index contributed by atoms with van der Waals surface area (Å²) in [5, 5.41) is 6.26. The molecule has 1 heterocycles. The molecule has 92 valence electrons. The van der Waals surface area contributed by atoms with Crippen LogP contribution in [0.4, 0.5) is 0 Å². The van der Waals surface area contributed by atoms with Crippen LogP contribution in [0.25, 0.3) is 0 Å². The summed E-state index contributed by atoms with van der Waals surface area (Å²) in [5.41, 5.74) is 2.41. The quantitative estimate of drug-likeness (QED) is 0.828. The maximum Gasteiger partial charge on any atom is 0.220 e. The highest BCUT2D eigenvalue weighted by molar-refractivity contribution is 5.76. The zero-order valence-corrected chi connectivity index (χ0v) is 10.3. The second-order valence-corrected chi connectivity index (χ2v) is 4.83. The van der Waals surface area contributed by atoms with Gasteiger partial charge in [0.25, 0.3) is 0 Å². The van der Waals surface area contributed by atoms with Gasteiger partial charge in [-0.05, 0) is 37.9 Å². The molecule has 0 bridgehead atoms. The van der Waals surface area contributed by atoms with Crippen LogP contribution in [0.3, 0.4) is 0 Å². The lowest BCUT2D eigenvalue weighted by Gasteiger charge is -2.09. The number of amides is 1. The van der Waals surface area contributed by atoms with Crippen molar-refractivity contribution in [3.8, 4) is 0 Å². The minimum Gasteiger partial charge on any atom is -0.352 e. The molecule has 1 fully saturated rings. The molecule has 0 aromatic heterocycles. The lowest BCUT2D eigenvalue weighted by atomic mass is 10.0. The van der Waals surface area contributed by atoms with Crippen molar-refractivity contribution in [3.63, 3.8) is 0 Å². The average Bonchev–Trinajstić information content (AvgIpc) is 2.81. The van der Waals surface area contributed by atoms with E-state index in [1.807, 2.05) is 0 Å². The number of nitrogens with one attached hydrogen (secondary N) is 2. The summed E-state index contributed by atoms with van der Waals surface area (Å²) < 4.78 is 0. The number of hydrogen-bond donors (Lipinski definition) is 2. The summed E-state index contributed by atoms with van der Waals surface area (Å²) in [7, 11) is 0. The van der Waals surface area contributed by atoms with Gasteiger partial charge in [0.05, 0.1) is 0 Å². The van der Waals surface area contributed by atoms with Gasteiger partial charge in [0.15, 0.2) is 0 Å². The molecule has 3 nitrogen and oxygen atoms in total. The average molecular weight is 232 g/mol. The largest absolute Gasteiger partial charge is 0.352 e. The first-order valence-corrected chi connectivity index (χ1v) is 6.27. The maximum absolute atomic E-state index is 11.7. The Bertz CT molecular complexity index is 366. The highest BCUT2D eigenvalue weighted by Gasteiger charge is 2.17. The van der Waals surface area contributed by atoms with Gasteiger partial charge >= 0.3 is 0 Å². The van der Waals surface area contributed by atoms with Crippen molar-refractivity contribution in [2.75, 3.05) is 13.1 Å². The van der Waals surface area contributed by atoms with E-state index in [-0.39, 0.29) is 5.91 Å². The van der Waals surface area contributed by atoms with Crippen LogP contribution in [0.15, 0.2) is 24.3 Å². The topological polar surface area (TPSA) is 41.1 Å². The SMILES string of the molecule is Cc1ccc(CNC(=O)CC2CCNC2)cc1. The molecule has 1 aliphatic heterocycles. The summed E-state index contributed by atoms with van der Waals surface area (Å²) in [6.45, 7) is 4.74.